The Bertz CT molecular complexity index is 792. The van der Waals surface area contributed by atoms with E-state index in [1.54, 1.807) is 18.3 Å². The molecule has 3 aromatic rings. The summed E-state index contributed by atoms with van der Waals surface area (Å²) < 4.78 is 4.93. The molecule has 0 saturated heterocycles. The fraction of sp³-hybridized carbons (Fsp3) is 0.286. The van der Waals surface area contributed by atoms with Crippen LogP contribution in [0.15, 0.2) is 22.0 Å². The Morgan fingerprint density at radius 2 is 2.18 bits per heavy atom. The van der Waals surface area contributed by atoms with Gasteiger partial charge in [0.2, 0.25) is 5.89 Å². The van der Waals surface area contributed by atoms with E-state index in [9.17, 15) is 4.79 Å². The number of thiazole rings is 1. The lowest BCUT2D eigenvalue weighted by atomic mass is 10.3. The number of nitrogens with one attached hydrogen (secondary N) is 1. The molecule has 0 bridgehead atoms. The summed E-state index contributed by atoms with van der Waals surface area (Å²) in [5.41, 5.74) is 0.724. The van der Waals surface area contributed by atoms with Crippen LogP contribution in [0.5, 0.6) is 0 Å². The SMILES string of the molecule is Cc1nc([C@H](C)NC(=O)c2sc(-c3cccs3)nc2C)no1. The molecule has 8 heteroatoms. The number of carbonyl (C=O) groups excluding carboxylic acids is 1. The second-order valence-corrected chi connectivity index (χ2v) is 6.72. The molecule has 1 amide bonds. The Labute approximate surface area is 135 Å². The minimum atomic E-state index is -0.323. The summed E-state index contributed by atoms with van der Waals surface area (Å²) in [6.45, 7) is 5.37. The van der Waals surface area contributed by atoms with Crippen LogP contribution in [0.25, 0.3) is 9.88 Å². The van der Waals surface area contributed by atoms with Crippen LogP contribution in [0, 0.1) is 13.8 Å². The highest BCUT2D eigenvalue weighted by molar-refractivity contribution is 7.22. The van der Waals surface area contributed by atoms with Gasteiger partial charge in [-0.15, -0.1) is 22.7 Å². The van der Waals surface area contributed by atoms with E-state index in [1.807, 2.05) is 31.4 Å². The number of carbonyl (C=O) groups is 1. The van der Waals surface area contributed by atoms with Crippen LogP contribution in [0.3, 0.4) is 0 Å². The molecule has 0 aromatic carbocycles. The monoisotopic (exact) mass is 334 g/mol. The predicted molar refractivity (Wildman–Crippen MR) is 85.1 cm³/mol. The molecule has 1 atom stereocenters. The highest BCUT2D eigenvalue weighted by Crippen LogP contribution is 2.31. The topological polar surface area (TPSA) is 80.9 Å². The average Bonchev–Trinajstić information content (AvgIpc) is 3.18. The number of hydrogen-bond donors (Lipinski definition) is 1. The third kappa shape index (κ3) is 2.93. The van der Waals surface area contributed by atoms with Gasteiger partial charge in [-0.25, -0.2) is 4.98 Å². The quantitative estimate of drug-likeness (QED) is 0.791. The van der Waals surface area contributed by atoms with Crippen molar-refractivity contribution in [3.63, 3.8) is 0 Å². The molecule has 0 aliphatic heterocycles. The Morgan fingerprint density at radius 1 is 1.36 bits per heavy atom. The van der Waals surface area contributed by atoms with Crippen LogP contribution in [0.1, 0.15) is 40.0 Å². The number of aromatic nitrogens is 3. The fourth-order valence-corrected chi connectivity index (χ4v) is 3.70. The van der Waals surface area contributed by atoms with Crippen molar-refractivity contribution in [3.8, 4) is 9.88 Å². The number of hydrogen-bond acceptors (Lipinski definition) is 7. The van der Waals surface area contributed by atoms with Crippen LogP contribution in [0.4, 0.5) is 0 Å². The maximum Gasteiger partial charge on any atom is 0.263 e. The van der Waals surface area contributed by atoms with Crippen LogP contribution in [0.2, 0.25) is 0 Å². The number of amides is 1. The number of aryl methyl sites for hydroxylation is 2. The lowest BCUT2D eigenvalue weighted by molar-refractivity contribution is 0.0941. The van der Waals surface area contributed by atoms with Crippen LogP contribution in [-0.2, 0) is 0 Å². The molecule has 0 radical (unpaired) electrons. The van der Waals surface area contributed by atoms with Crippen molar-refractivity contribution in [3.05, 3.63) is 39.8 Å². The van der Waals surface area contributed by atoms with Gasteiger partial charge in [0, 0.05) is 6.92 Å². The molecule has 22 heavy (non-hydrogen) atoms. The van der Waals surface area contributed by atoms with Crippen molar-refractivity contribution in [1.29, 1.82) is 0 Å². The van der Waals surface area contributed by atoms with E-state index in [4.69, 9.17) is 4.52 Å². The summed E-state index contributed by atoms with van der Waals surface area (Å²) in [7, 11) is 0. The number of rotatable bonds is 4. The summed E-state index contributed by atoms with van der Waals surface area (Å²) >= 11 is 3.00. The maximum absolute atomic E-state index is 12.4. The maximum atomic E-state index is 12.4. The number of nitrogens with zero attached hydrogens (tertiary/aromatic N) is 3. The minimum Gasteiger partial charge on any atom is -0.341 e. The van der Waals surface area contributed by atoms with Crippen molar-refractivity contribution in [2.24, 2.45) is 0 Å². The Kier molecular flexibility index (Phi) is 4.04. The highest BCUT2D eigenvalue weighted by Gasteiger charge is 2.20. The first kappa shape index (κ1) is 14.9. The van der Waals surface area contributed by atoms with Gasteiger partial charge in [-0.05, 0) is 25.3 Å². The molecule has 0 fully saturated rings. The summed E-state index contributed by atoms with van der Waals surface area (Å²) in [6.07, 6.45) is 0. The molecule has 0 saturated carbocycles. The van der Waals surface area contributed by atoms with Gasteiger partial charge in [0.1, 0.15) is 9.88 Å². The molecule has 0 aliphatic carbocycles. The van der Waals surface area contributed by atoms with E-state index in [2.05, 4.69) is 20.4 Å². The van der Waals surface area contributed by atoms with Crippen LogP contribution in [-0.4, -0.2) is 21.0 Å². The molecule has 0 unspecified atom stereocenters. The molecule has 3 heterocycles. The largest absolute Gasteiger partial charge is 0.341 e. The molecule has 3 aromatic heterocycles. The van der Waals surface area contributed by atoms with Gasteiger partial charge in [-0.2, -0.15) is 4.98 Å². The standard InChI is InChI=1S/C14H14N4O2S2/c1-7-11(22-14(16-7)10-5-4-6-21-10)13(19)15-8(2)12-17-9(3)20-18-12/h4-6,8H,1-3H3,(H,15,19)/t8-/m0/s1. The van der Waals surface area contributed by atoms with Crippen molar-refractivity contribution in [1.82, 2.24) is 20.4 Å². The normalized spacial score (nSPS) is 12.3. The Hall–Kier alpha value is -2.06. The first-order chi connectivity index (χ1) is 10.5. The molecular weight excluding hydrogens is 320 g/mol. The van der Waals surface area contributed by atoms with Gasteiger partial charge in [0.15, 0.2) is 5.82 Å². The van der Waals surface area contributed by atoms with Gasteiger partial charge in [-0.1, -0.05) is 11.2 Å². The van der Waals surface area contributed by atoms with Gasteiger partial charge in [0.25, 0.3) is 5.91 Å². The first-order valence-electron chi connectivity index (χ1n) is 6.67. The van der Waals surface area contributed by atoms with Crippen molar-refractivity contribution in [2.45, 2.75) is 26.8 Å². The van der Waals surface area contributed by atoms with E-state index >= 15 is 0 Å². The van der Waals surface area contributed by atoms with Crippen LogP contribution >= 0.6 is 22.7 Å². The third-order valence-electron chi connectivity index (χ3n) is 3.01. The van der Waals surface area contributed by atoms with Crippen molar-refractivity contribution in [2.75, 3.05) is 0 Å². The average molecular weight is 334 g/mol. The minimum absolute atomic E-state index is 0.173. The fourth-order valence-electron chi connectivity index (χ4n) is 1.93. The summed E-state index contributed by atoms with van der Waals surface area (Å²) in [6, 6.07) is 3.64. The van der Waals surface area contributed by atoms with Gasteiger partial charge in [0.05, 0.1) is 16.6 Å². The number of thiophene rings is 1. The van der Waals surface area contributed by atoms with E-state index < -0.39 is 0 Å². The highest BCUT2D eigenvalue weighted by atomic mass is 32.1. The second-order valence-electron chi connectivity index (χ2n) is 4.78. The lowest BCUT2D eigenvalue weighted by Crippen LogP contribution is -2.27. The Morgan fingerprint density at radius 3 is 2.82 bits per heavy atom. The summed E-state index contributed by atoms with van der Waals surface area (Å²) in [5.74, 6) is 0.768. The zero-order valence-electron chi connectivity index (χ0n) is 12.3. The van der Waals surface area contributed by atoms with Crippen LogP contribution < -0.4 is 5.32 Å². The molecule has 3 rings (SSSR count). The third-order valence-corrected chi connectivity index (χ3v) is 5.21. The molecule has 114 valence electrons. The summed E-state index contributed by atoms with van der Waals surface area (Å²) in [4.78, 5) is 22.7. The van der Waals surface area contributed by atoms with Gasteiger partial charge >= 0.3 is 0 Å². The van der Waals surface area contributed by atoms with E-state index in [1.165, 1.54) is 11.3 Å². The molecule has 1 N–H and O–H groups in total. The van der Waals surface area contributed by atoms with Crippen molar-refractivity contribution < 1.29 is 9.32 Å². The smallest absolute Gasteiger partial charge is 0.263 e. The molecular formula is C14H14N4O2S2. The van der Waals surface area contributed by atoms with E-state index in [-0.39, 0.29) is 11.9 Å². The van der Waals surface area contributed by atoms with Crippen molar-refractivity contribution >= 4 is 28.6 Å². The molecule has 0 aliphatic rings. The summed E-state index contributed by atoms with van der Waals surface area (Å²) in [5, 5.41) is 9.55. The lowest BCUT2D eigenvalue weighted by Gasteiger charge is -2.08. The zero-order valence-corrected chi connectivity index (χ0v) is 13.9. The Balaban J connectivity index is 1.78. The second kappa shape index (κ2) is 5.98. The first-order valence-corrected chi connectivity index (χ1v) is 8.36. The zero-order chi connectivity index (χ0) is 15.7. The molecule has 6 nitrogen and oxygen atoms in total. The predicted octanol–water partition coefficient (Wildman–Crippen LogP) is 3.36. The van der Waals surface area contributed by atoms with Gasteiger partial charge in [-0.3, -0.25) is 4.79 Å². The van der Waals surface area contributed by atoms with E-state index in [0.717, 1.165) is 15.6 Å². The van der Waals surface area contributed by atoms with Gasteiger partial charge < -0.3 is 9.84 Å². The van der Waals surface area contributed by atoms with E-state index in [0.29, 0.717) is 16.6 Å². The molecule has 0 spiro atoms.